The minimum absolute atomic E-state index is 0.0404. The Hall–Kier alpha value is -1.29. The highest BCUT2D eigenvalue weighted by Gasteiger charge is 2.07. The second kappa shape index (κ2) is 6.65. The molecule has 0 aromatic heterocycles. The number of hydrogen-bond acceptors (Lipinski definition) is 2. The third kappa shape index (κ3) is 3.67. The molecule has 2 N–H and O–H groups in total. The van der Waals surface area contributed by atoms with Crippen molar-refractivity contribution in [3.05, 3.63) is 76.8 Å². The van der Waals surface area contributed by atoms with Crippen molar-refractivity contribution in [1.82, 2.24) is 0 Å². The van der Waals surface area contributed by atoms with Crippen LogP contribution in [-0.4, -0.2) is 5.75 Å². The van der Waals surface area contributed by atoms with Gasteiger partial charge in [-0.15, -0.1) is 11.8 Å². The average Bonchev–Trinajstić information content (AvgIpc) is 2.52. The van der Waals surface area contributed by atoms with E-state index in [1.54, 1.807) is 11.8 Å². The van der Waals surface area contributed by atoms with E-state index in [4.69, 9.17) is 5.73 Å². The van der Waals surface area contributed by atoms with Crippen LogP contribution in [0.15, 0.2) is 76.1 Å². The van der Waals surface area contributed by atoms with E-state index in [0.717, 1.165) is 10.2 Å². The van der Waals surface area contributed by atoms with E-state index in [0.29, 0.717) is 0 Å². The van der Waals surface area contributed by atoms with Crippen molar-refractivity contribution in [3.63, 3.8) is 0 Å². The fourth-order valence-electron chi connectivity index (χ4n) is 2.28. The smallest absolute Gasteiger partial charge is 0.0390 e. The van der Waals surface area contributed by atoms with E-state index < -0.39 is 0 Å². The zero-order chi connectivity index (χ0) is 14.7. The highest BCUT2D eigenvalue weighted by atomic mass is 79.9. The van der Waals surface area contributed by atoms with Gasteiger partial charge in [0.15, 0.2) is 0 Å². The summed E-state index contributed by atoms with van der Waals surface area (Å²) in [6, 6.07) is 23.2. The van der Waals surface area contributed by atoms with Crippen LogP contribution in [0, 0.1) is 0 Å². The topological polar surface area (TPSA) is 26.0 Å². The molecule has 0 aliphatic carbocycles. The zero-order valence-electron chi connectivity index (χ0n) is 11.5. The van der Waals surface area contributed by atoms with Gasteiger partial charge >= 0.3 is 0 Å². The van der Waals surface area contributed by atoms with Crippen molar-refractivity contribution in [2.75, 3.05) is 5.75 Å². The van der Waals surface area contributed by atoms with Gasteiger partial charge < -0.3 is 5.73 Å². The molecule has 0 fully saturated rings. The highest BCUT2D eigenvalue weighted by molar-refractivity contribution is 9.10. The summed E-state index contributed by atoms with van der Waals surface area (Å²) in [5.41, 5.74) is 7.53. The molecule has 0 aliphatic rings. The third-order valence-electron chi connectivity index (χ3n) is 3.43. The SMILES string of the molecule is NC(CSc1cccc(Br)c1)c1ccc2ccccc2c1. The van der Waals surface area contributed by atoms with Crippen molar-refractivity contribution < 1.29 is 0 Å². The zero-order valence-corrected chi connectivity index (χ0v) is 13.9. The van der Waals surface area contributed by atoms with E-state index in [1.807, 2.05) is 12.1 Å². The number of benzene rings is 3. The Balaban J connectivity index is 1.73. The van der Waals surface area contributed by atoms with E-state index >= 15 is 0 Å². The minimum atomic E-state index is 0.0404. The Morgan fingerprint density at radius 1 is 0.905 bits per heavy atom. The third-order valence-corrected chi connectivity index (χ3v) is 5.03. The molecule has 0 spiro atoms. The van der Waals surface area contributed by atoms with Gasteiger partial charge in [-0.05, 0) is 40.6 Å². The van der Waals surface area contributed by atoms with Crippen LogP contribution in [0.3, 0.4) is 0 Å². The Kier molecular flexibility index (Phi) is 4.63. The largest absolute Gasteiger partial charge is 0.323 e. The maximum atomic E-state index is 6.34. The van der Waals surface area contributed by atoms with Crippen molar-refractivity contribution in [1.29, 1.82) is 0 Å². The van der Waals surface area contributed by atoms with Gasteiger partial charge in [-0.3, -0.25) is 0 Å². The molecule has 0 amide bonds. The van der Waals surface area contributed by atoms with Crippen LogP contribution < -0.4 is 5.73 Å². The molecule has 0 bridgehead atoms. The Labute approximate surface area is 137 Å². The lowest BCUT2D eigenvalue weighted by atomic mass is 10.0. The maximum Gasteiger partial charge on any atom is 0.0390 e. The Bertz CT molecular complexity index is 757. The van der Waals surface area contributed by atoms with Crippen LogP contribution >= 0.6 is 27.7 Å². The first-order valence-corrected chi connectivity index (χ1v) is 8.63. The minimum Gasteiger partial charge on any atom is -0.323 e. The molecule has 21 heavy (non-hydrogen) atoms. The van der Waals surface area contributed by atoms with Gasteiger partial charge in [-0.2, -0.15) is 0 Å². The van der Waals surface area contributed by atoms with E-state index in [1.165, 1.54) is 21.2 Å². The van der Waals surface area contributed by atoms with E-state index in [2.05, 4.69) is 70.5 Å². The summed E-state index contributed by atoms with van der Waals surface area (Å²) in [7, 11) is 0. The molecule has 106 valence electrons. The summed E-state index contributed by atoms with van der Waals surface area (Å²) in [4.78, 5) is 1.24. The Morgan fingerprint density at radius 3 is 2.52 bits per heavy atom. The van der Waals surface area contributed by atoms with Crippen LogP contribution in [0.4, 0.5) is 0 Å². The van der Waals surface area contributed by atoms with Gasteiger partial charge in [0.25, 0.3) is 0 Å². The molecule has 3 aromatic carbocycles. The summed E-state index contributed by atoms with van der Waals surface area (Å²) in [6.45, 7) is 0. The number of fused-ring (bicyclic) bond motifs is 1. The van der Waals surface area contributed by atoms with Crippen LogP contribution in [0.25, 0.3) is 10.8 Å². The van der Waals surface area contributed by atoms with Crippen LogP contribution in [0.5, 0.6) is 0 Å². The standard InChI is InChI=1S/C18H16BrNS/c19-16-6-3-7-17(11-16)21-12-18(20)15-9-8-13-4-1-2-5-14(13)10-15/h1-11,18H,12,20H2. The van der Waals surface area contributed by atoms with Crippen molar-refractivity contribution in [3.8, 4) is 0 Å². The van der Waals surface area contributed by atoms with Gasteiger partial charge in [0.05, 0.1) is 0 Å². The molecule has 0 saturated heterocycles. The van der Waals surface area contributed by atoms with E-state index in [9.17, 15) is 0 Å². The summed E-state index contributed by atoms with van der Waals surface area (Å²) in [6.07, 6.45) is 0. The molecule has 0 saturated carbocycles. The molecule has 0 aliphatic heterocycles. The molecule has 1 atom stereocenters. The Morgan fingerprint density at radius 2 is 1.71 bits per heavy atom. The average molecular weight is 358 g/mol. The second-order valence-electron chi connectivity index (χ2n) is 4.98. The molecule has 1 nitrogen and oxygen atoms in total. The fraction of sp³-hybridized carbons (Fsp3) is 0.111. The van der Waals surface area contributed by atoms with Crippen molar-refractivity contribution >= 4 is 38.5 Å². The second-order valence-corrected chi connectivity index (χ2v) is 6.99. The first-order valence-electron chi connectivity index (χ1n) is 6.85. The number of hydrogen-bond donors (Lipinski definition) is 1. The summed E-state index contributed by atoms with van der Waals surface area (Å²) >= 11 is 5.28. The summed E-state index contributed by atoms with van der Waals surface area (Å²) < 4.78 is 1.10. The predicted octanol–water partition coefficient (Wildman–Crippen LogP) is 5.39. The van der Waals surface area contributed by atoms with Gasteiger partial charge in [0, 0.05) is 21.2 Å². The lowest BCUT2D eigenvalue weighted by molar-refractivity contribution is 0.833. The normalized spacial score (nSPS) is 12.5. The van der Waals surface area contributed by atoms with Gasteiger partial charge in [0.2, 0.25) is 0 Å². The molecule has 0 heterocycles. The van der Waals surface area contributed by atoms with Crippen LogP contribution in [-0.2, 0) is 0 Å². The monoisotopic (exact) mass is 357 g/mol. The molecule has 3 rings (SSSR count). The molecule has 1 unspecified atom stereocenters. The lowest BCUT2D eigenvalue weighted by Gasteiger charge is -2.13. The number of rotatable bonds is 4. The molecular formula is C18H16BrNS. The number of nitrogens with two attached hydrogens (primary N) is 1. The van der Waals surface area contributed by atoms with Crippen LogP contribution in [0.1, 0.15) is 11.6 Å². The first-order chi connectivity index (χ1) is 10.2. The number of thioether (sulfide) groups is 1. The van der Waals surface area contributed by atoms with Crippen LogP contribution in [0.2, 0.25) is 0 Å². The summed E-state index contributed by atoms with van der Waals surface area (Å²) in [5.74, 6) is 0.870. The highest BCUT2D eigenvalue weighted by Crippen LogP contribution is 2.27. The quantitative estimate of drug-likeness (QED) is 0.633. The van der Waals surface area contributed by atoms with Gasteiger partial charge in [-0.1, -0.05) is 58.4 Å². The number of halogens is 1. The predicted molar refractivity (Wildman–Crippen MR) is 95.7 cm³/mol. The fourth-order valence-corrected chi connectivity index (χ4v) is 3.78. The van der Waals surface area contributed by atoms with Crippen molar-refractivity contribution in [2.45, 2.75) is 10.9 Å². The molecular weight excluding hydrogens is 342 g/mol. The van der Waals surface area contributed by atoms with Gasteiger partial charge in [0.1, 0.15) is 0 Å². The molecule has 3 heteroatoms. The summed E-state index contributed by atoms with van der Waals surface area (Å²) in [5, 5.41) is 2.51. The van der Waals surface area contributed by atoms with E-state index in [-0.39, 0.29) is 6.04 Å². The molecule has 3 aromatic rings. The van der Waals surface area contributed by atoms with Gasteiger partial charge in [-0.25, -0.2) is 0 Å². The van der Waals surface area contributed by atoms with Crippen molar-refractivity contribution in [2.24, 2.45) is 5.73 Å². The lowest BCUT2D eigenvalue weighted by Crippen LogP contribution is -2.12. The molecule has 0 radical (unpaired) electrons. The first kappa shape index (κ1) is 14.6. The maximum absolute atomic E-state index is 6.34.